The van der Waals surface area contributed by atoms with Crippen LogP contribution < -0.4 is 11.1 Å². The molecule has 0 saturated heterocycles. The summed E-state index contributed by atoms with van der Waals surface area (Å²) in [7, 11) is 0. The Labute approximate surface area is 116 Å². The molecule has 2 heterocycles. The maximum atomic E-state index is 5.71. The van der Waals surface area contributed by atoms with E-state index in [4.69, 9.17) is 5.73 Å². The second kappa shape index (κ2) is 4.55. The van der Waals surface area contributed by atoms with Crippen molar-refractivity contribution in [3.8, 4) is 0 Å². The van der Waals surface area contributed by atoms with Crippen LogP contribution in [-0.4, -0.2) is 9.97 Å². The van der Waals surface area contributed by atoms with Gasteiger partial charge in [-0.1, -0.05) is 12.1 Å². The first-order valence-corrected chi connectivity index (χ1v) is 6.93. The molecule has 0 spiro atoms. The molecule has 0 fully saturated rings. The molecule has 0 aliphatic heterocycles. The third-order valence-corrected chi connectivity index (χ3v) is 3.97. The predicted molar refractivity (Wildman–Crippen MR) is 79.3 cm³/mol. The van der Waals surface area contributed by atoms with Gasteiger partial charge in [-0.15, -0.1) is 11.3 Å². The highest BCUT2D eigenvalue weighted by molar-refractivity contribution is 9.10. The Morgan fingerprint density at radius 1 is 1.17 bits per heavy atom. The largest absolute Gasteiger partial charge is 0.368 e. The molecule has 4 nitrogen and oxygen atoms in total. The van der Waals surface area contributed by atoms with Gasteiger partial charge in [0.15, 0.2) is 0 Å². The van der Waals surface area contributed by atoms with E-state index in [1.165, 1.54) is 0 Å². The number of thiophene rings is 1. The van der Waals surface area contributed by atoms with Gasteiger partial charge in [-0.3, -0.25) is 0 Å². The standard InChI is InChI=1S/C12H9BrN4S/c13-8-3-1-2-4-9(8)15-10-7-5-6-18-11(7)17-12(14)16-10/h1-6H,(H3,14,15,16,17). The molecule has 3 N–H and O–H groups in total. The van der Waals surface area contributed by atoms with Crippen molar-refractivity contribution < 1.29 is 0 Å². The number of para-hydroxylation sites is 1. The molecule has 0 amide bonds. The van der Waals surface area contributed by atoms with Gasteiger partial charge in [0.25, 0.3) is 0 Å². The molecule has 2 aromatic heterocycles. The molecule has 3 rings (SSSR count). The van der Waals surface area contributed by atoms with Crippen molar-refractivity contribution in [1.82, 2.24) is 9.97 Å². The Morgan fingerprint density at radius 2 is 2.00 bits per heavy atom. The summed E-state index contributed by atoms with van der Waals surface area (Å²) in [6, 6.07) is 9.85. The molecule has 0 atom stereocenters. The Bertz CT molecular complexity index is 710. The number of halogens is 1. The zero-order valence-corrected chi connectivity index (χ0v) is 11.6. The predicted octanol–water partition coefficient (Wildman–Crippen LogP) is 3.78. The number of anilines is 3. The number of nitrogen functional groups attached to an aromatic ring is 1. The number of benzene rings is 1. The molecule has 0 aliphatic carbocycles. The summed E-state index contributed by atoms with van der Waals surface area (Å²) in [4.78, 5) is 9.33. The fraction of sp³-hybridized carbons (Fsp3) is 0. The maximum Gasteiger partial charge on any atom is 0.223 e. The first-order chi connectivity index (χ1) is 8.74. The molecule has 0 aliphatic rings. The summed E-state index contributed by atoms with van der Waals surface area (Å²) in [5.74, 6) is 1.00. The average molecular weight is 321 g/mol. The van der Waals surface area contributed by atoms with E-state index in [9.17, 15) is 0 Å². The van der Waals surface area contributed by atoms with Crippen LogP contribution in [0.25, 0.3) is 10.2 Å². The molecular formula is C12H9BrN4S. The van der Waals surface area contributed by atoms with Crippen molar-refractivity contribution >= 4 is 54.9 Å². The minimum Gasteiger partial charge on any atom is -0.368 e. The topological polar surface area (TPSA) is 63.8 Å². The summed E-state index contributed by atoms with van der Waals surface area (Å²) in [5, 5.41) is 6.22. The van der Waals surface area contributed by atoms with Crippen LogP contribution in [0.2, 0.25) is 0 Å². The van der Waals surface area contributed by atoms with Crippen LogP contribution >= 0.6 is 27.3 Å². The van der Waals surface area contributed by atoms with Gasteiger partial charge in [0, 0.05) is 4.47 Å². The third-order valence-electron chi connectivity index (χ3n) is 2.47. The summed E-state index contributed by atoms with van der Waals surface area (Å²) in [6.07, 6.45) is 0. The van der Waals surface area contributed by atoms with Crippen molar-refractivity contribution in [3.63, 3.8) is 0 Å². The molecule has 0 radical (unpaired) electrons. The van der Waals surface area contributed by atoms with Gasteiger partial charge in [0.1, 0.15) is 10.6 Å². The van der Waals surface area contributed by atoms with E-state index in [0.29, 0.717) is 0 Å². The monoisotopic (exact) mass is 320 g/mol. The van der Waals surface area contributed by atoms with Gasteiger partial charge in [-0.25, -0.2) is 4.98 Å². The minimum atomic E-state index is 0.277. The zero-order valence-electron chi connectivity index (χ0n) is 9.22. The fourth-order valence-corrected chi connectivity index (χ4v) is 2.81. The molecular weight excluding hydrogens is 312 g/mol. The first-order valence-electron chi connectivity index (χ1n) is 5.26. The molecule has 0 saturated carbocycles. The highest BCUT2D eigenvalue weighted by Gasteiger charge is 2.08. The lowest BCUT2D eigenvalue weighted by Crippen LogP contribution is -2.00. The molecule has 0 unspecified atom stereocenters. The van der Waals surface area contributed by atoms with Crippen LogP contribution in [0.3, 0.4) is 0 Å². The van der Waals surface area contributed by atoms with E-state index >= 15 is 0 Å². The smallest absolute Gasteiger partial charge is 0.223 e. The fourth-order valence-electron chi connectivity index (χ4n) is 1.66. The van der Waals surface area contributed by atoms with E-state index < -0.39 is 0 Å². The normalized spacial score (nSPS) is 10.7. The average Bonchev–Trinajstić information content (AvgIpc) is 2.80. The van der Waals surface area contributed by atoms with Gasteiger partial charge in [0.05, 0.1) is 11.1 Å². The van der Waals surface area contributed by atoms with Gasteiger partial charge >= 0.3 is 0 Å². The molecule has 18 heavy (non-hydrogen) atoms. The lowest BCUT2D eigenvalue weighted by molar-refractivity contribution is 1.24. The summed E-state index contributed by atoms with van der Waals surface area (Å²) in [6.45, 7) is 0. The highest BCUT2D eigenvalue weighted by atomic mass is 79.9. The number of nitrogens with zero attached hydrogens (tertiary/aromatic N) is 2. The van der Waals surface area contributed by atoms with E-state index in [1.807, 2.05) is 35.7 Å². The van der Waals surface area contributed by atoms with Crippen molar-refractivity contribution in [3.05, 3.63) is 40.2 Å². The number of fused-ring (bicyclic) bond motifs is 1. The van der Waals surface area contributed by atoms with E-state index in [0.717, 1.165) is 26.2 Å². The first kappa shape index (κ1) is 11.4. The Hall–Kier alpha value is -1.66. The number of nitrogens with one attached hydrogen (secondary N) is 1. The molecule has 3 aromatic rings. The minimum absolute atomic E-state index is 0.277. The molecule has 6 heteroatoms. The van der Waals surface area contributed by atoms with Crippen LogP contribution in [0.1, 0.15) is 0 Å². The van der Waals surface area contributed by atoms with Gasteiger partial charge in [-0.2, -0.15) is 4.98 Å². The maximum absolute atomic E-state index is 5.71. The molecule has 90 valence electrons. The zero-order chi connectivity index (χ0) is 12.5. The summed E-state index contributed by atoms with van der Waals surface area (Å²) >= 11 is 5.04. The van der Waals surface area contributed by atoms with Crippen molar-refractivity contribution in [2.24, 2.45) is 0 Å². The van der Waals surface area contributed by atoms with Crippen LogP contribution in [0.15, 0.2) is 40.2 Å². The van der Waals surface area contributed by atoms with Gasteiger partial charge in [0.2, 0.25) is 5.95 Å². The van der Waals surface area contributed by atoms with Crippen LogP contribution in [0.4, 0.5) is 17.5 Å². The second-order valence-electron chi connectivity index (χ2n) is 3.67. The van der Waals surface area contributed by atoms with Crippen molar-refractivity contribution in [1.29, 1.82) is 0 Å². The quantitative estimate of drug-likeness (QED) is 0.754. The van der Waals surface area contributed by atoms with Crippen LogP contribution in [0, 0.1) is 0 Å². The number of aromatic nitrogens is 2. The number of nitrogens with two attached hydrogens (primary N) is 1. The third kappa shape index (κ3) is 2.04. The second-order valence-corrected chi connectivity index (χ2v) is 5.42. The van der Waals surface area contributed by atoms with Crippen molar-refractivity contribution in [2.75, 3.05) is 11.1 Å². The van der Waals surface area contributed by atoms with Crippen molar-refractivity contribution in [2.45, 2.75) is 0 Å². The summed E-state index contributed by atoms with van der Waals surface area (Å²) < 4.78 is 0.977. The lowest BCUT2D eigenvalue weighted by Gasteiger charge is -2.08. The Morgan fingerprint density at radius 3 is 2.83 bits per heavy atom. The lowest BCUT2D eigenvalue weighted by atomic mass is 10.3. The Kier molecular flexibility index (Phi) is 2.89. The van der Waals surface area contributed by atoms with E-state index in [2.05, 4.69) is 31.2 Å². The molecule has 1 aromatic carbocycles. The summed E-state index contributed by atoms with van der Waals surface area (Å²) in [5.41, 5.74) is 6.66. The van der Waals surface area contributed by atoms with Gasteiger partial charge in [-0.05, 0) is 39.5 Å². The van der Waals surface area contributed by atoms with E-state index in [-0.39, 0.29) is 5.95 Å². The highest BCUT2D eigenvalue weighted by Crippen LogP contribution is 2.30. The number of hydrogen-bond donors (Lipinski definition) is 2. The SMILES string of the molecule is Nc1nc(Nc2ccccc2Br)c2ccsc2n1. The number of rotatable bonds is 2. The van der Waals surface area contributed by atoms with Gasteiger partial charge < -0.3 is 11.1 Å². The molecule has 0 bridgehead atoms. The van der Waals surface area contributed by atoms with E-state index in [1.54, 1.807) is 11.3 Å². The Balaban J connectivity index is 2.10. The van der Waals surface area contributed by atoms with Crippen LogP contribution in [-0.2, 0) is 0 Å². The number of hydrogen-bond acceptors (Lipinski definition) is 5. The van der Waals surface area contributed by atoms with Crippen LogP contribution in [0.5, 0.6) is 0 Å².